The van der Waals surface area contributed by atoms with Crippen molar-refractivity contribution in [3.63, 3.8) is 0 Å². The quantitative estimate of drug-likeness (QED) is 0.731. The van der Waals surface area contributed by atoms with Crippen LogP contribution >= 0.6 is 12.2 Å². The van der Waals surface area contributed by atoms with Crippen LogP contribution in [0.3, 0.4) is 0 Å². The lowest BCUT2D eigenvalue weighted by Crippen LogP contribution is -1.94. The molecule has 0 bridgehead atoms. The molecule has 0 unspecified atom stereocenters. The fraction of sp³-hybridized carbons (Fsp3) is 0.231. The van der Waals surface area contributed by atoms with E-state index in [2.05, 4.69) is 10.1 Å². The minimum atomic E-state index is 0.652. The summed E-state index contributed by atoms with van der Waals surface area (Å²) in [6.45, 7) is 1.97. The predicted molar refractivity (Wildman–Crippen MR) is 76.5 cm³/mol. The van der Waals surface area contributed by atoms with Gasteiger partial charge in [0.05, 0.1) is 29.5 Å². The molecule has 0 radical (unpaired) electrons. The van der Waals surface area contributed by atoms with Gasteiger partial charge in [0.15, 0.2) is 4.77 Å². The molecule has 2 heterocycles. The average molecular weight is 274 g/mol. The zero-order valence-corrected chi connectivity index (χ0v) is 11.8. The first-order valence-electron chi connectivity index (χ1n) is 5.89. The van der Waals surface area contributed by atoms with Crippen molar-refractivity contribution in [1.29, 1.82) is 0 Å². The number of nitrogens with zero attached hydrogens (tertiary/aromatic N) is 3. The second-order valence-corrected chi connectivity index (χ2v) is 4.81. The number of benzene rings is 1. The van der Waals surface area contributed by atoms with Gasteiger partial charge in [-0.05, 0) is 31.3 Å². The predicted octanol–water partition coefficient (Wildman–Crippen LogP) is 2.74. The van der Waals surface area contributed by atoms with Gasteiger partial charge in [-0.15, -0.1) is 0 Å². The van der Waals surface area contributed by atoms with Crippen LogP contribution < -0.4 is 4.74 Å². The lowest BCUT2D eigenvalue weighted by Gasteiger charge is -2.03. The number of fused-ring (bicyclic) bond motifs is 1. The topological polar surface area (TPSA) is 47.8 Å². The summed E-state index contributed by atoms with van der Waals surface area (Å²) in [6.07, 6.45) is 1.96. The van der Waals surface area contributed by atoms with E-state index in [0.29, 0.717) is 4.77 Å². The van der Waals surface area contributed by atoms with Gasteiger partial charge in [-0.2, -0.15) is 5.10 Å². The molecular formula is C13H14N4OS. The summed E-state index contributed by atoms with van der Waals surface area (Å²) in [5.74, 6) is 0.804. The van der Waals surface area contributed by atoms with Crippen molar-refractivity contribution < 1.29 is 4.74 Å². The second-order valence-electron chi connectivity index (χ2n) is 4.42. The largest absolute Gasteiger partial charge is 0.497 e. The smallest absolute Gasteiger partial charge is 0.182 e. The van der Waals surface area contributed by atoms with E-state index in [1.54, 1.807) is 11.8 Å². The Labute approximate surface area is 115 Å². The van der Waals surface area contributed by atoms with Gasteiger partial charge in [0.25, 0.3) is 0 Å². The molecule has 0 aliphatic heterocycles. The Morgan fingerprint density at radius 2 is 2.16 bits per heavy atom. The summed E-state index contributed by atoms with van der Waals surface area (Å²) in [4.78, 5) is 3.20. The molecule has 0 saturated carbocycles. The highest BCUT2D eigenvalue weighted by Crippen LogP contribution is 2.24. The van der Waals surface area contributed by atoms with Crippen LogP contribution in [0.25, 0.3) is 16.7 Å². The summed E-state index contributed by atoms with van der Waals surface area (Å²) in [7, 11) is 3.55. The van der Waals surface area contributed by atoms with Gasteiger partial charge in [-0.25, -0.2) is 0 Å². The number of hydrogen-bond donors (Lipinski definition) is 1. The van der Waals surface area contributed by atoms with Gasteiger partial charge in [0.1, 0.15) is 5.75 Å². The molecule has 0 atom stereocenters. The number of ether oxygens (including phenoxy) is 1. The molecule has 1 N–H and O–H groups in total. The standard InChI is InChI=1S/C13H14N4OS/c1-8-12(7-16(2)15-8)17-11-5-4-9(18-3)6-10(11)14-13(17)19/h4-7H,1-3H3,(H,14,19). The third-order valence-corrected chi connectivity index (χ3v) is 3.40. The highest BCUT2D eigenvalue weighted by atomic mass is 32.1. The summed E-state index contributed by atoms with van der Waals surface area (Å²) in [5, 5.41) is 4.36. The number of nitrogens with one attached hydrogen (secondary N) is 1. The van der Waals surface area contributed by atoms with E-state index in [4.69, 9.17) is 17.0 Å². The van der Waals surface area contributed by atoms with Gasteiger partial charge >= 0.3 is 0 Å². The molecule has 1 aromatic carbocycles. The third-order valence-electron chi connectivity index (χ3n) is 3.12. The molecular weight excluding hydrogens is 260 g/mol. The molecule has 0 aliphatic rings. The van der Waals surface area contributed by atoms with Gasteiger partial charge in [-0.1, -0.05) is 0 Å². The van der Waals surface area contributed by atoms with Gasteiger partial charge in [-0.3, -0.25) is 9.25 Å². The Morgan fingerprint density at radius 1 is 1.37 bits per heavy atom. The van der Waals surface area contributed by atoms with E-state index in [9.17, 15) is 0 Å². The first kappa shape index (κ1) is 12.0. The number of aromatic amines is 1. The Bertz CT molecular complexity index is 812. The first-order valence-corrected chi connectivity index (χ1v) is 6.30. The maximum Gasteiger partial charge on any atom is 0.182 e. The molecule has 0 amide bonds. The van der Waals surface area contributed by atoms with E-state index in [1.807, 2.05) is 42.9 Å². The van der Waals surface area contributed by atoms with Crippen molar-refractivity contribution in [3.8, 4) is 11.4 Å². The number of H-pyrrole nitrogens is 1. The number of methoxy groups -OCH3 is 1. The Kier molecular flexibility index (Phi) is 2.67. The Balaban J connectivity index is 2.32. The van der Waals surface area contributed by atoms with Crippen molar-refractivity contribution in [2.24, 2.45) is 7.05 Å². The number of imidazole rings is 1. The molecule has 19 heavy (non-hydrogen) atoms. The lowest BCUT2D eigenvalue weighted by molar-refractivity contribution is 0.415. The molecule has 2 aromatic heterocycles. The number of aryl methyl sites for hydroxylation is 2. The van der Waals surface area contributed by atoms with Crippen LogP contribution in [0.1, 0.15) is 5.69 Å². The van der Waals surface area contributed by atoms with Crippen molar-refractivity contribution in [1.82, 2.24) is 19.3 Å². The summed E-state index contributed by atoms with van der Waals surface area (Å²) < 4.78 is 9.66. The van der Waals surface area contributed by atoms with Gasteiger partial charge < -0.3 is 9.72 Å². The fourth-order valence-electron chi connectivity index (χ4n) is 2.26. The fourth-order valence-corrected chi connectivity index (χ4v) is 2.57. The highest BCUT2D eigenvalue weighted by Gasteiger charge is 2.11. The number of hydrogen-bond acceptors (Lipinski definition) is 3. The minimum absolute atomic E-state index is 0.652. The van der Waals surface area contributed by atoms with E-state index in [-0.39, 0.29) is 0 Å². The van der Waals surface area contributed by atoms with E-state index in [1.165, 1.54) is 0 Å². The number of rotatable bonds is 2. The molecule has 3 aromatic rings. The van der Waals surface area contributed by atoms with Crippen LogP contribution in [-0.2, 0) is 7.05 Å². The molecule has 0 saturated heterocycles. The maximum atomic E-state index is 5.41. The maximum absolute atomic E-state index is 5.41. The average Bonchev–Trinajstić information content (AvgIpc) is 2.86. The molecule has 98 valence electrons. The molecule has 0 aliphatic carbocycles. The monoisotopic (exact) mass is 274 g/mol. The summed E-state index contributed by atoms with van der Waals surface area (Å²) >= 11 is 5.41. The minimum Gasteiger partial charge on any atom is -0.497 e. The summed E-state index contributed by atoms with van der Waals surface area (Å²) in [5.41, 5.74) is 3.90. The van der Waals surface area contributed by atoms with Crippen molar-refractivity contribution in [2.45, 2.75) is 6.92 Å². The van der Waals surface area contributed by atoms with Crippen LogP contribution in [-0.4, -0.2) is 26.4 Å². The van der Waals surface area contributed by atoms with Crippen LogP contribution in [0.5, 0.6) is 5.75 Å². The second kappa shape index (κ2) is 4.24. The molecule has 3 rings (SSSR count). The van der Waals surface area contributed by atoms with Crippen LogP contribution in [0.2, 0.25) is 0 Å². The third kappa shape index (κ3) is 1.84. The molecule has 5 nitrogen and oxygen atoms in total. The highest BCUT2D eigenvalue weighted by molar-refractivity contribution is 7.71. The molecule has 6 heteroatoms. The number of aromatic nitrogens is 4. The normalized spacial score (nSPS) is 11.1. The summed E-state index contributed by atoms with van der Waals surface area (Å²) in [6, 6.07) is 5.85. The van der Waals surface area contributed by atoms with Gasteiger partial charge in [0, 0.05) is 19.3 Å². The van der Waals surface area contributed by atoms with Crippen LogP contribution in [0.4, 0.5) is 0 Å². The van der Waals surface area contributed by atoms with Gasteiger partial charge in [0.2, 0.25) is 0 Å². The van der Waals surface area contributed by atoms with Crippen LogP contribution in [0, 0.1) is 11.7 Å². The first-order chi connectivity index (χ1) is 9.10. The zero-order valence-electron chi connectivity index (χ0n) is 11.0. The van der Waals surface area contributed by atoms with Crippen molar-refractivity contribution >= 4 is 23.3 Å². The Hall–Kier alpha value is -2.08. The zero-order chi connectivity index (χ0) is 13.6. The van der Waals surface area contributed by atoms with Crippen molar-refractivity contribution in [3.05, 3.63) is 34.9 Å². The van der Waals surface area contributed by atoms with E-state index >= 15 is 0 Å². The van der Waals surface area contributed by atoms with Crippen molar-refractivity contribution in [2.75, 3.05) is 7.11 Å². The Morgan fingerprint density at radius 3 is 2.79 bits per heavy atom. The van der Waals surface area contributed by atoms with Crippen LogP contribution in [0.15, 0.2) is 24.4 Å². The SMILES string of the molecule is COc1ccc2c(c1)[nH]c(=S)n2-c1cn(C)nc1C. The molecule has 0 spiro atoms. The lowest BCUT2D eigenvalue weighted by atomic mass is 10.3. The molecule has 0 fully saturated rings. The van der Waals surface area contributed by atoms with E-state index in [0.717, 1.165) is 28.2 Å². The van der Waals surface area contributed by atoms with E-state index < -0.39 is 0 Å².